The van der Waals surface area contributed by atoms with Crippen molar-refractivity contribution >= 4 is 35.3 Å². The van der Waals surface area contributed by atoms with Crippen molar-refractivity contribution in [2.45, 2.75) is 0 Å². The maximum Gasteiger partial charge on any atom is 0.335 e. The fourth-order valence-corrected chi connectivity index (χ4v) is 5.12. The van der Waals surface area contributed by atoms with Crippen molar-refractivity contribution in [2.24, 2.45) is 0 Å². The molecule has 1 aromatic heterocycles. The molecule has 0 spiro atoms. The molecule has 0 radical (unpaired) electrons. The van der Waals surface area contributed by atoms with E-state index in [0.29, 0.717) is 22.7 Å². The first-order valence-corrected chi connectivity index (χ1v) is 13.5. The van der Waals surface area contributed by atoms with Crippen molar-refractivity contribution in [1.82, 2.24) is 9.88 Å². The Morgan fingerprint density at radius 3 is 1.95 bits per heavy atom. The highest BCUT2D eigenvalue weighted by atomic mass is 16.6. The molecule has 2 heterocycles. The second kappa shape index (κ2) is 11.5. The average molecular weight is 585 g/mol. The zero-order valence-electron chi connectivity index (χ0n) is 23.3. The van der Waals surface area contributed by atoms with Gasteiger partial charge in [-0.15, -0.1) is 0 Å². The molecule has 6 rings (SSSR count). The van der Waals surface area contributed by atoms with Gasteiger partial charge in [-0.25, -0.2) is 9.69 Å². The Kier molecular flexibility index (Phi) is 7.30. The number of nitro groups is 1. The van der Waals surface area contributed by atoms with E-state index in [1.165, 1.54) is 25.3 Å². The fourth-order valence-electron chi connectivity index (χ4n) is 5.12. The number of rotatable bonds is 7. The third kappa shape index (κ3) is 5.12. The van der Waals surface area contributed by atoms with Gasteiger partial charge in [0, 0.05) is 23.4 Å². The van der Waals surface area contributed by atoms with Crippen molar-refractivity contribution in [3.8, 4) is 34.0 Å². The van der Waals surface area contributed by atoms with Crippen molar-refractivity contribution < 1.29 is 24.0 Å². The molecular formula is C34H24N4O6. The predicted octanol–water partition coefficient (Wildman–Crippen LogP) is 6.39. The number of benzene rings is 4. The van der Waals surface area contributed by atoms with E-state index in [2.05, 4.69) is 5.32 Å². The number of ether oxygens (including phenoxy) is 1. The Labute approximate surface area is 251 Å². The number of non-ortho nitro benzene ring substituents is 1. The Bertz CT molecular complexity index is 1930. The van der Waals surface area contributed by atoms with Gasteiger partial charge in [-0.2, -0.15) is 0 Å². The lowest BCUT2D eigenvalue weighted by Crippen LogP contribution is -2.54. The topological polar surface area (TPSA) is 124 Å². The summed E-state index contributed by atoms with van der Waals surface area (Å²) in [5.41, 5.74) is 4.09. The standard InChI is InChI=1S/C34H24N4O6/c1-44-28-18-16-26(17-19-28)37-33(40)29(32(39)35-34(37)41)20-24-21-30(22-8-4-2-5-9-22)36(31(24)23-10-6-3-7-11-23)25-12-14-27(15-13-25)38(42)43/h2-21H,1H3,(H,35,39,41)/b29-20+. The predicted molar refractivity (Wildman–Crippen MR) is 165 cm³/mol. The van der Waals surface area contributed by atoms with E-state index in [-0.39, 0.29) is 16.9 Å². The number of barbiturate groups is 1. The summed E-state index contributed by atoms with van der Waals surface area (Å²) in [6.07, 6.45) is 1.47. The third-order valence-electron chi connectivity index (χ3n) is 7.20. The largest absolute Gasteiger partial charge is 0.497 e. The van der Waals surface area contributed by atoms with Crippen molar-refractivity contribution in [1.29, 1.82) is 0 Å². The van der Waals surface area contributed by atoms with E-state index >= 15 is 0 Å². The first kappa shape index (κ1) is 27.9. The van der Waals surface area contributed by atoms with E-state index in [4.69, 9.17) is 4.74 Å². The highest BCUT2D eigenvalue weighted by molar-refractivity contribution is 6.39. The van der Waals surface area contributed by atoms with E-state index in [1.807, 2.05) is 71.3 Å². The second-order valence-electron chi connectivity index (χ2n) is 9.83. The van der Waals surface area contributed by atoms with Gasteiger partial charge in [0.2, 0.25) is 0 Å². The lowest BCUT2D eigenvalue weighted by molar-refractivity contribution is -0.384. The molecular weight excluding hydrogens is 560 g/mol. The molecule has 216 valence electrons. The molecule has 1 saturated heterocycles. The van der Waals surface area contributed by atoms with Crippen LogP contribution in [0, 0.1) is 10.1 Å². The van der Waals surface area contributed by atoms with Crippen molar-refractivity contribution in [3.63, 3.8) is 0 Å². The maximum absolute atomic E-state index is 13.8. The number of nitrogens with one attached hydrogen (secondary N) is 1. The van der Waals surface area contributed by atoms with Crippen LogP contribution in [0.15, 0.2) is 121 Å². The molecule has 4 aromatic carbocycles. The normalized spacial score (nSPS) is 14.1. The zero-order valence-corrected chi connectivity index (χ0v) is 23.3. The van der Waals surface area contributed by atoms with Gasteiger partial charge in [-0.05, 0) is 59.7 Å². The molecule has 1 fully saturated rings. The number of aromatic nitrogens is 1. The number of amides is 4. The number of hydrogen-bond acceptors (Lipinski definition) is 6. The van der Waals surface area contributed by atoms with Gasteiger partial charge in [0.25, 0.3) is 17.5 Å². The van der Waals surface area contributed by atoms with Crippen LogP contribution in [-0.2, 0) is 9.59 Å². The minimum absolute atomic E-state index is 0.0569. The molecule has 10 nitrogen and oxygen atoms in total. The number of carbonyl (C=O) groups excluding carboxylic acids is 3. The van der Waals surface area contributed by atoms with Crippen LogP contribution in [0.2, 0.25) is 0 Å². The molecule has 10 heteroatoms. The minimum atomic E-state index is -0.862. The smallest absolute Gasteiger partial charge is 0.335 e. The highest BCUT2D eigenvalue weighted by Gasteiger charge is 2.37. The lowest BCUT2D eigenvalue weighted by atomic mass is 10.0. The van der Waals surface area contributed by atoms with Crippen LogP contribution in [0.25, 0.3) is 34.3 Å². The monoisotopic (exact) mass is 584 g/mol. The van der Waals surface area contributed by atoms with Crippen LogP contribution >= 0.6 is 0 Å². The molecule has 0 saturated carbocycles. The summed E-state index contributed by atoms with van der Waals surface area (Å²) in [6.45, 7) is 0. The van der Waals surface area contributed by atoms with Crippen LogP contribution in [-0.4, -0.2) is 34.4 Å². The molecule has 4 amide bonds. The van der Waals surface area contributed by atoms with Gasteiger partial charge < -0.3 is 9.30 Å². The van der Waals surface area contributed by atoms with Gasteiger partial charge in [-0.3, -0.25) is 25.0 Å². The first-order valence-electron chi connectivity index (χ1n) is 13.5. The average Bonchev–Trinajstić information content (AvgIpc) is 3.43. The Hall–Kier alpha value is -6.29. The summed E-state index contributed by atoms with van der Waals surface area (Å²) in [7, 11) is 1.50. The van der Waals surface area contributed by atoms with E-state index in [1.54, 1.807) is 36.4 Å². The molecule has 1 aliphatic heterocycles. The van der Waals surface area contributed by atoms with Crippen LogP contribution in [0.4, 0.5) is 16.2 Å². The number of carbonyl (C=O) groups is 3. The molecule has 5 aromatic rings. The summed E-state index contributed by atoms with van der Waals surface area (Å²) >= 11 is 0. The third-order valence-corrected chi connectivity index (χ3v) is 7.20. The fraction of sp³-hybridized carbons (Fsp3) is 0.0294. The molecule has 1 aliphatic rings. The Balaban J connectivity index is 1.57. The quantitative estimate of drug-likeness (QED) is 0.102. The molecule has 0 atom stereocenters. The number of methoxy groups -OCH3 is 1. The minimum Gasteiger partial charge on any atom is -0.497 e. The van der Waals surface area contributed by atoms with E-state index < -0.39 is 22.8 Å². The highest BCUT2D eigenvalue weighted by Crippen LogP contribution is 2.38. The van der Waals surface area contributed by atoms with Crippen LogP contribution in [0.3, 0.4) is 0 Å². The number of hydrogen-bond donors (Lipinski definition) is 1. The Morgan fingerprint density at radius 2 is 1.36 bits per heavy atom. The van der Waals surface area contributed by atoms with E-state index in [9.17, 15) is 24.5 Å². The molecule has 1 N–H and O–H groups in total. The van der Waals surface area contributed by atoms with Gasteiger partial charge in [0.05, 0.1) is 29.1 Å². The summed E-state index contributed by atoms with van der Waals surface area (Å²) < 4.78 is 7.11. The van der Waals surface area contributed by atoms with Crippen LogP contribution in [0.1, 0.15) is 5.56 Å². The number of urea groups is 1. The molecule has 44 heavy (non-hydrogen) atoms. The van der Waals surface area contributed by atoms with Gasteiger partial charge >= 0.3 is 6.03 Å². The second-order valence-corrected chi connectivity index (χ2v) is 9.83. The number of nitro benzene ring substituents is 1. The molecule has 0 aliphatic carbocycles. The van der Waals surface area contributed by atoms with Crippen molar-refractivity contribution in [2.75, 3.05) is 12.0 Å². The van der Waals surface area contributed by atoms with Gasteiger partial charge in [-0.1, -0.05) is 60.7 Å². The van der Waals surface area contributed by atoms with Gasteiger partial charge in [0.15, 0.2) is 0 Å². The summed E-state index contributed by atoms with van der Waals surface area (Å²) in [5, 5.41) is 13.7. The first-order chi connectivity index (χ1) is 21.4. The van der Waals surface area contributed by atoms with E-state index in [0.717, 1.165) is 21.7 Å². The Morgan fingerprint density at radius 1 is 0.773 bits per heavy atom. The number of nitrogens with zero attached hydrogens (tertiary/aromatic N) is 3. The lowest BCUT2D eigenvalue weighted by Gasteiger charge is -2.26. The summed E-state index contributed by atoms with van der Waals surface area (Å²) in [6, 6.07) is 32.4. The molecule has 0 unspecified atom stereocenters. The maximum atomic E-state index is 13.8. The van der Waals surface area contributed by atoms with Gasteiger partial charge in [0.1, 0.15) is 11.3 Å². The van der Waals surface area contributed by atoms with Crippen LogP contribution in [0.5, 0.6) is 5.75 Å². The number of anilines is 1. The zero-order chi connectivity index (χ0) is 30.8. The van der Waals surface area contributed by atoms with Crippen molar-refractivity contribution in [3.05, 3.63) is 137 Å². The summed E-state index contributed by atoms with van der Waals surface area (Å²) in [4.78, 5) is 51.5. The number of imide groups is 2. The SMILES string of the molecule is COc1ccc(N2C(=O)NC(=O)/C(=C\c3cc(-c4ccccc4)n(-c4ccc([N+](=O)[O-])cc4)c3-c3ccccc3)C2=O)cc1. The molecule has 0 bridgehead atoms. The summed E-state index contributed by atoms with van der Waals surface area (Å²) in [5.74, 6) is -1.07. The van der Waals surface area contributed by atoms with Crippen LogP contribution < -0.4 is 15.0 Å².